The SMILES string of the molecule is O=C(Cc1ccccc1[N+](=O)[O-])NN=Cc1ccc(Oc2ccc([N+](=O)[O-])cc2[N+](=O)[O-])cc1. The fourth-order valence-electron chi connectivity index (χ4n) is 2.83. The number of carbonyl (C=O) groups is 1. The summed E-state index contributed by atoms with van der Waals surface area (Å²) in [6.45, 7) is 0. The van der Waals surface area contributed by atoms with Crippen molar-refractivity contribution >= 4 is 29.2 Å². The van der Waals surface area contributed by atoms with Gasteiger partial charge in [0, 0.05) is 17.7 Å². The van der Waals surface area contributed by atoms with Crippen LogP contribution in [0.4, 0.5) is 17.1 Å². The number of non-ortho nitro benzene ring substituents is 1. The first-order chi connectivity index (χ1) is 16.2. The van der Waals surface area contributed by atoms with Gasteiger partial charge in [-0.2, -0.15) is 5.10 Å². The quantitative estimate of drug-likeness (QED) is 0.280. The fourth-order valence-corrected chi connectivity index (χ4v) is 2.83. The number of para-hydroxylation sites is 1. The second-order valence-electron chi connectivity index (χ2n) is 6.69. The molecule has 0 radical (unpaired) electrons. The van der Waals surface area contributed by atoms with E-state index in [4.69, 9.17) is 4.74 Å². The summed E-state index contributed by atoms with van der Waals surface area (Å²) < 4.78 is 5.47. The van der Waals surface area contributed by atoms with E-state index >= 15 is 0 Å². The highest BCUT2D eigenvalue weighted by Gasteiger charge is 2.21. The molecular weight excluding hydrogens is 450 g/mol. The molecule has 3 aromatic rings. The van der Waals surface area contributed by atoms with Crippen molar-refractivity contribution in [2.45, 2.75) is 6.42 Å². The minimum atomic E-state index is -0.782. The van der Waals surface area contributed by atoms with E-state index < -0.39 is 32.1 Å². The Morgan fingerprint density at radius 1 is 0.882 bits per heavy atom. The van der Waals surface area contributed by atoms with Crippen molar-refractivity contribution in [3.8, 4) is 11.5 Å². The van der Waals surface area contributed by atoms with Gasteiger partial charge >= 0.3 is 5.69 Å². The Morgan fingerprint density at radius 2 is 1.56 bits per heavy atom. The van der Waals surface area contributed by atoms with Crippen LogP contribution in [0.2, 0.25) is 0 Å². The topological polar surface area (TPSA) is 180 Å². The number of nitrogens with zero attached hydrogens (tertiary/aromatic N) is 4. The predicted molar refractivity (Wildman–Crippen MR) is 119 cm³/mol. The summed E-state index contributed by atoms with van der Waals surface area (Å²) >= 11 is 0. The number of benzene rings is 3. The molecule has 0 spiro atoms. The molecule has 3 rings (SSSR count). The highest BCUT2D eigenvalue weighted by atomic mass is 16.6. The predicted octanol–water partition coefficient (Wildman–Crippen LogP) is 3.90. The van der Waals surface area contributed by atoms with Crippen molar-refractivity contribution in [2.24, 2.45) is 5.10 Å². The van der Waals surface area contributed by atoms with Crippen LogP contribution >= 0.6 is 0 Å². The molecule has 0 aliphatic carbocycles. The van der Waals surface area contributed by atoms with Crippen LogP contribution in [0, 0.1) is 30.3 Å². The van der Waals surface area contributed by atoms with Crippen LogP contribution in [0.3, 0.4) is 0 Å². The molecule has 0 atom stereocenters. The monoisotopic (exact) mass is 465 g/mol. The molecule has 0 aliphatic heterocycles. The Balaban J connectivity index is 1.62. The summed E-state index contributed by atoms with van der Waals surface area (Å²) in [4.78, 5) is 43.0. The molecule has 34 heavy (non-hydrogen) atoms. The van der Waals surface area contributed by atoms with E-state index in [-0.39, 0.29) is 29.2 Å². The number of hydrogen-bond acceptors (Lipinski definition) is 9. The van der Waals surface area contributed by atoms with E-state index in [1.54, 1.807) is 18.2 Å². The van der Waals surface area contributed by atoms with Crippen molar-refractivity contribution in [1.29, 1.82) is 0 Å². The van der Waals surface area contributed by atoms with Gasteiger partial charge in [-0.15, -0.1) is 0 Å². The molecule has 0 aliphatic rings. The van der Waals surface area contributed by atoms with Gasteiger partial charge in [-0.25, -0.2) is 5.43 Å². The van der Waals surface area contributed by atoms with E-state index in [9.17, 15) is 35.1 Å². The smallest absolute Gasteiger partial charge is 0.318 e. The minimum Gasteiger partial charge on any atom is -0.450 e. The van der Waals surface area contributed by atoms with Gasteiger partial charge in [0.15, 0.2) is 0 Å². The molecule has 1 amide bonds. The first-order valence-electron chi connectivity index (χ1n) is 9.49. The average molecular weight is 465 g/mol. The third kappa shape index (κ3) is 5.94. The lowest BCUT2D eigenvalue weighted by atomic mass is 10.1. The van der Waals surface area contributed by atoms with Crippen LogP contribution in [0.25, 0.3) is 0 Å². The van der Waals surface area contributed by atoms with E-state index in [0.717, 1.165) is 18.2 Å². The zero-order chi connectivity index (χ0) is 24.7. The molecule has 0 unspecified atom stereocenters. The number of nitro benzene ring substituents is 3. The molecule has 1 N–H and O–H groups in total. The molecule has 0 fully saturated rings. The highest BCUT2D eigenvalue weighted by molar-refractivity contribution is 5.83. The number of amides is 1. The zero-order valence-corrected chi connectivity index (χ0v) is 17.2. The second-order valence-corrected chi connectivity index (χ2v) is 6.69. The largest absolute Gasteiger partial charge is 0.450 e. The van der Waals surface area contributed by atoms with Crippen LogP contribution in [-0.4, -0.2) is 26.9 Å². The molecule has 0 saturated heterocycles. The number of rotatable bonds is 9. The maximum atomic E-state index is 12.0. The van der Waals surface area contributed by atoms with E-state index in [0.29, 0.717) is 5.56 Å². The van der Waals surface area contributed by atoms with E-state index in [2.05, 4.69) is 10.5 Å². The van der Waals surface area contributed by atoms with Crippen LogP contribution in [0.1, 0.15) is 11.1 Å². The number of hydrazone groups is 1. The highest BCUT2D eigenvalue weighted by Crippen LogP contribution is 2.34. The first kappa shape index (κ1) is 23.5. The second kappa shape index (κ2) is 10.4. The molecule has 13 heteroatoms. The standard InChI is InChI=1S/C21H15N5O8/c27-21(11-15-3-1-2-4-18(15)25(30)31)23-22-13-14-5-8-17(9-6-14)34-20-10-7-16(24(28)29)12-19(20)26(32)33/h1-10,12-13H,11H2,(H,23,27). The number of nitrogens with one attached hydrogen (secondary N) is 1. The Kier molecular flexibility index (Phi) is 7.18. The summed E-state index contributed by atoms with van der Waals surface area (Å²) in [7, 11) is 0. The van der Waals surface area contributed by atoms with Crippen molar-refractivity contribution in [2.75, 3.05) is 0 Å². The van der Waals surface area contributed by atoms with Gasteiger partial charge < -0.3 is 4.74 Å². The Labute approximate surface area is 190 Å². The Hall–Kier alpha value is -5.20. The summed E-state index contributed by atoms with van der Waals surface area (Å²) in [6.07, 6.45) is 1.10. The third-order valence-electron chi connectivity index (χ3n) is 4.40. The van der Waals surface area contributed by atoms with Crippen molar-refractivity contribution in [3.05, 3.63) is 108 Å². The molecule has 172 valence electrons. The Bertz CT molecular complexity index is 1290. The van der Waals surface area contributed by atoms with Crippen LogP contribution in [-0.2, 0) is 11.2 Å². The van der Waals surface area contributed by atoms with Gasteiger partial charge in [0.1, 0.15) is 5.75 Å². The summed E-state index contributed by atoms with van der Waals surface area (Å²) in [5, 5.41) is 36.8. The van der Waals surface area contributed by atoms with Crippen LogP contribution in [0.5, 0.6) is 11.5 Å². The van der Waals surface area contributed by atoms with Gasteiger partial charge in [-0.1, -0.05) is 18.2 Å². The van der Waals surface area contributed by atoms with Crippen LogP contribution in [0.15, 0.2) is 71.8 Å². The van der Waals surface area contributed by atoms with Crippen LogP contribution < -0.4 is 10.2 Å². The lowest BCUT2D eigenvalue weighted by molar-refractivity contribution is -0.394. The van der Waals surface area contributed by atoms with Crippen molar-refractivity contribution < 1.29 is 24.3 Å². The number of nitro groups is 3. The maximum Gasteiger partial charge on any atom is 0.318 e. The van der Waals surface area contributed by atoms with E-state index in [1.807, 2.05) is 0 Å². The summed E-state index contributed by atoms with van der Waals surface area (Å²) in [5.41, 5.74) is 1.93. The molecule has 0 aromatic heterocycles. The number of carbonyl (C=O) groups excluding carboxylic acids is 1. The number of hydrogen-bond donors (Lipinski definition) is 1. The van der Waals surface area contributed by atoms with Crippen molar-refractivity contribution in [1.82, 2.24) is 5.43 Å². The lowest BCUT2D eigenvalue weighted by Crippen LogP contribution is -2.20. The van der Waals surface area contributed by atoms with E-state index in [1.165, 1.54) is 36.5 Å². The minimum absolute atomic E-state index is 0.162. The molecule has 3 aromatic carbocycles. The molecule has 0 bridgehead atoms. The lowest BCUT2D eigenvalue weighted by Gasteiger charge is -2.06. The fraction of sp³-hybridized carbons (Fsp3) is 0.0476. The van der Waals surface area contributed by atoms with Gasteiger partial charge in [0.25, 0.3) is 11.4 Å². The number of ether oxygens (including phenoxy) is 1. The van der Waals surface area contributed by atoms with Gasteiger partial charge in [-0.3, -0.25) is 35.1 Å². The van der Waals surface area contributed by atoms with Gasteiger partial charge in [0.05, 0.1) is 33.5 Å². The van der Waals surface area contributed by atoms with Crippen molar-refractivity contribution in [3.63, 3.8) is 0 Å². The molecule has 0 saturated carbocycles. The summed E-state index contributed by atoms with van der Waals surface area (Å²) in [6, 6.07) is 15.0. The normalized spacial score (nSPS) is 10.6. The maximum absolute atomic E-state index is 12.0. The van der Waals surface area contributed by atoms with Gasteiger partial charge in [0.2, 0.25) is 11.7 Å². The summed E-state index contributed by atoms with van der Waals surface area (Å²) in [5.74, 6) is -0.482. The Morgan fingerprint density at radius 3 is 2.21 bits per heavy atom. The average Bonchev–Trinajstić information content (AvgIpc) is 2.80. The molecule has 0 heterocycles. The molecular formula is C21H15N5O8. The zero-order valence-electron chi connectivity index (χ0n) is 17.2. The first-order valence-corrected chi connectivity index (χ1v) is 9.49. The third-order valence-corrected chi connectivity index (χ3v) is 4.40. The molecule has 13 nitrogen and oxygen atoms in total. The van der Waals surface area contributed by atoms with Gasteiger partial charge in [-0.05, 0) is 35.9 Å².